The molecule has 1 rings (SSSR count). The molecule has 0 aliphatic heterocycles. The van der Waals surface area contributed by atoms with E-state index in [2.05, 4.69) is 0 Å². The van der Waals surface area contributed by atoms with Gasteiger partial charge in [-0.15, -0.1) is 0 Å². The fraction of sp³-hybridized carbons (Fsp3) is 0.333. The van der Waals surface area contributed by atoms with Crippen molar-refractivity contribution in [3.63, 3.8) is 0 Å². The summed E-state index contributed by atoms with van der Waals surface area (Å²) in [6.07, 6.45) is -6.03. The maximum Gasteiger partial charge on any atom is 0.422 e. The number of carboxylic acids is 1. The van der Waals surface area contributed by atoms with Crippen molar-refractivity contribution >= 4 is 23.5 Å². The Bertz CT molecular complexity index is 556. The van der Waals surface area contributed by atoms with Crippen molar-refractivity contribution in [3.05, 3.63) is 34.6 Å². The lowest BCUT2D eigenvalue weighted by Gasteiger charge is -2.28. The van der Waals surface area contributed by atoms with Crippen LogP contribution in [0.2, 0.25) is 5.02 Å². The molecule has 0 bridgehead atoms. The smallest absolute Gasteiger partial charge is 0.422 e. The second kappa shape index (κ2) is 5.88. The Morgan fingerprint density at radius 1 is 1.33 bits per heavy atom. The number of hydrogen-bond acceptors (Lipinski definition) is 2. The van der Waals surface area contributed by atoms with Gasteiger partial charge in [0.15, 0.2) is 0 Å². The topological polar surface area (TPSA) is 66.4 Å². The molecule has 0 aliphatic carbocycles. The highest BCUT2D eigenvalue weighted by molar-refractivity contribution is 6.31. The van der Waals surface area contributed by atoms with Crippen LogP contribution in [0.1, 0.15) is 12.5 Å². The molecule has 116 valence electrons. The first kappa shape index (κ1) is 17.2. The lowest BCUT2D eigenvalue weighted by Crippen LogP contribution is -2.62. The van der Waals surface area contributed by atoms with Crippen LogP contribution in [0.3, 0.4) is 0 Å². The first-order chi connectivity index (χ1) is 9.49. The van der Waals surface area contributed by atoms with E-state index in [9.17, 15) is 27.2 Å². The van der Waals surface area contributed by atoms with Gasteiger partial charge in [-0.1, -0.05) is 17.7 Å². The van der Waals surface area contributed by atoms with E-state index >= 15 is 0 Å². The number of aliphatic carboxylic acids is 1. The van der Waals surface area contributed by atoms with Crippen LogP contribution in [0.5, 0.6) is 0 Å². The van der Waals surface area contributed by atoms with Gasteiger partial charge in [-0.3, -0.25) is 4.79 Å². The van der Waals surface area contributed by atoms with E-state index in [1.54, 1.807) is 0 Å². The zero-order valence-corrected chi connectivity index (χ0v) is 11.3. The molecule has 0 aliphatic rings. The molecule has 21 heavy (non-hydrogen) atoms. The Kier molecular flexibility index (Phi) is 4.83. The van der Waals surface area contributed by atoms with Gasteiger partial charge in [0.25, 0.3) is 0 Å². The van der Waals surface area contributed by atoms with E-state index in [0.29, 0.717) is 6.92 Å². The standard InChI is InChI=1S/C12H10ClF4NO3/c1-11(10(20)21,12(15,16)17)18-9(19)5-6-7(13)3-2-4-8(6)14/h2-4H,5H2,1H3,(H,18,19)(H,20,21). The fourth-order valence-electron chi connectivity index (χ4n) is 1.43. The quantitative estimate of drug-likeness (QED) is 0.835. The van der Waals surface area contributed by atoms with Gasteiger partial charge in [0.2, 0.25) is 11.4 Å². The predicted octanol–water partition coefficient (Wildman–Crippen LogP) is 2.54. The van der Waals surface area contributed by atoms with Crippen molar-refractivity contribution in [2.24, 2.45) is 0 Å². The monoisotopic (exact) mass is 327 g/mol. The number of carboxylic acid groups (broad SMARTS) is 1. The Labute approximate surface area is 121 Å². The first-order valence-corrected chi connectivity index (χ1v) is 5.91. The summed E-state index contributed by atoms with van der Waals surface area (Å²) in [7, 11) is 0. The number of amides is 1. The van der Waals surface area contributed by atoms with E-state index in [0.717, 1.165) is 6.07 Å². The Hall–Kier alpha value is -1.83. The molecular formula is C12H10ClF4NO3. The van der Waals surface area contributed by atoms with Crippen molar-refractivity contribution < 1.29 is 32.3 Å². The summed E-state index contributed by atoms with van der Waals surface area (Å²) in [6.45, 7) is 0.302. The van der Waals surface area contributed by atoms with E-state index in [4.69, 9.17) is 16.7 Å². The third-order valence-corrected chi connectivity index (χ3v) is 3.14. The van der Waals surface area contributed by atoms with Crippen molar-refractivity contribution in [2.75, 3.05) is 0 Å². The van der Waals surface area contributed by atoms with E-state index < -0.39 is 35.8 Å². The molecule has 0 aromatic heterocycles. The molecule has 1 amide bonds. The molecular weight excluding hydrogens is 318 g/mol. The van der Waals surface area contributed by atoms with Crippen molar-refractivity contribution in [2.45, 2.75) is 25.1 Å². The summed E-state index contributed by atoms with van der Waals surface area (Å²) in [6, 6.07) is 3.50. The van der Waals surface area contributed by atoms with Gasteiger partial charge in [0, 0.05) is 10.6 Å². The van der Waals surface area contributed by atoms with Crippen LogP contribution in [0, 0.1) is 5.82 Å². The Balaban J connectivity index is 2.98. The molecule has 4 nitrogen and oxygen atoms in total. The van der Waals surface area contributed by atoms with Gasteiger partial charge in [0.05, 0.1) is 6.42 Å². The molecule has 1 aromatic carbocycles. The lowest BCUT2D eigenvalue weighted by atomic mass is 10.0. The molecule has 0 fully saturated rings. The van der Waals surface area contributed by atoms with Crippen LogP contribution in [-0.2, 0) is 16.0 Å². The summed E-state index contributed by atoms with van der Waals surface area (Å²) in [4.78, 5) is 22.3. The van der Waals surface area contributed by atoms with Crippen LogP contribution in [0.25, 0.3) is 0 Å². The average molecular weight is 328 g/mol. The van der Waals surface area contributed by atoms with Crippen LogP contribution >= 0.6 is 11.6 Å². The molecule has 1 atom stereocenters. The molecule has 2 N–H and O–H groups in total. The number of carbonyl (C=O) groups excluding carboxylic acids is 1. The normalized spacial score (nSPS) is 14.4. The number of rotatable bonds is 4. The van der Waals surface area contributed by atoms with Gasteiger partial charge in [0.1, 0.15) is 5.82 Å². The van der Waals surface area contributed by atoms with Crippen LogP contribution in [-0.4, -0.2) is 28.7 Å². The third kappa shape index (κ3) is 3.63. The highest BCUT2D eigenvalue weighted by atomic mass is 35.5. The first-order valence-electron chi connectivity index (χ1n) is 5.53. The predicted molar refractivity (Wildman–Crippen MR) is 65.4 cm³/mol. The molecule has 0 heterocycles. The molecule has 1 unspecified atom stereocenters. The second-order valence-corrected chi connectivity index (χ2v) is 4.76. The summed E-state index contributed by atoms with van der Waals surface area (Å²) in [5.41, 5.74) is -3.78. The largest absolute Gasteiger partial charge is 0.479 e. The van der Waals surface area contributed by atoms with E-state index in [1.165, 1.54) is 17.4 Å². The molecule has 0 saturated carbocycles. The van der Waals surface area contributed by atoms with Crippen molar-refractivity contribution in [3.8, 4) is 0 Å². The van der Waals surface area contributed by atoms with Gasteiger partial charge < -0.3 is 10.4 Å². The van der Waals surface area contributed by atoms with Crippen molar-refractivity contribution in [1.29, 1.82) is 0 Å². The SMILES string of the molecule is CC(NC(=O)Cc1c(F)cccc1Cl)(C(=O)O)C(F)(F)F. The van der Waals surface area contributed by atoms with E-state index in [-0.39, 0.29) is 10.6 Å². The van der Waals surface area contributed by atoms with Gasteiger partial charge in [-0.25, -0.2) is 9.18 Å². The van der Waals surface area contributed by atoms with Crippen molar-refractivity contribution in [1.82, 2.24) is 5.32 Å². The highest BCUT2D eigenvalue weighted by Gasteiger charge is 2.58. The van der Waals surface area contributed by atoms with Crippen LogP contribution < -0.4 is 5.32 Å². The molecule has 0 spiro atoms. The van der Waals surface area contributed by atoms with E-state index in [1.807, 2.05) is 0 Å². The second-order valence-electron chi connectivity index (χ2n) is 4.35. The zero-order chi connectivity index (χ0) is 16.4. The average Bonchev–Trinajstić information content (AvgIpc) is 2.32. The fourth-order valence-corrected chi connectivity index (χ4v) is 1.66. The molecule has 1 aromatic rings. The minimum Gasteiger partial charge on any atom is -0.479 e. The summed E-state index contributed by atoms with van der Waals surface area (Å²) >= 11 is 5.64. The van der Waals surface area contributed by atoms with Gasteiger partial charge in [-0.05, 0) is 19.1 Å². The number of nitrogens with one attached hydrogen (secondary N) is 1. The third-order valence-electron chi connectivity index (χ3n) is 2.78. The highest BCUT2D eigenvalue weighted by Crippen LogP contribution is 2.30. The lowest BCUT2D eigenvalue weighted by molar-refractivity contribution is -0.206. The van der Waals surface area contributed by atoms with Gasteiger partial charge in [-0.2, -0.15) is 13.2 Å². The Morgan fingerprint density at radius 2 is 1.90 bits per heavy atom. The number of hydrogen-bond donors (Lipinski definition) is 2. The summed E-state index contributed by atoms with van der Waals surface area (Å²) < 4.78 is 51.6. The zero-order valence-electron chi connectivity index (χ0n) is 10.6. The van der Waals surface area contributed by atoms with Gasteiger partial charge >= 0.3 is 12.1 Å². The molecule has 9 heteroatoms. The molecule has 0 saturated heterocycles. The number of benzene rings is 1. The maximum atomic E-state index is 13.4. The summed E-state index contributed by atoms with van der Waals surface area (Å²) in [5.74, 6) is -4.46. The maximum absolute atomic E-state index is 13.4. The Morgan fingerprint density at radius 3 is 2.33 bits per heavy atom. The minimum absolute atomic E-state index is 0.144. The number of carbonyl (C=O) groups is 2. The number of alkyl halides is 3. The summed E-state index contributed by atoms with van der Waals surface area (Å²) in [5, 5.41) is 9.86. The van der Waals surface area contributed by atoms with Crippen LogP contribution in [0.15, 0.2) is 18.2 Å². The number of halogens is 5. The minimum atomic E-state index is -5.21. The molecule has 0 radical (unpaired) electrons. The van der Waals surface area contributed by atoms with Crippen LogP contribution in [0.4, 0.5) is 17.6 Å².